The topological polar surface area (TPSA) is 40.2 Å². The molecule has 3 heteroatoms. The van der Waals surface area contributed by atoms with Gasteiger partial charge in [0.15, 0.2) is 0 Å². The molecule has 3 rings (SSSR count). The lowest BCUT2D eigenvalue weighted by molar-refractivity contribution is 0.0465. The van der Waals surface area contributed by atoms with Gasteiger partial charge in [-0.3, -0.25) is 0 Å². The van der Waals surface area contributed by atoms with E-state index in [9.17, 15) is 0 Å². The zero-order chi connectivity index (χ0) is 13.2. The lowest BCUT2D eigenvalue weighted by Crippen LogP contribution is -2.16. The van der Waals surface area contributed by atoms with Crippen LogP contribution >= 0.6 is 0 Å². The Labute approximate surface area is 114 Å². The number of benzene rings is 1. The van der Waals surface area contributed by atoms with E-state index in [1.165, 1.54) is 29.3 Å². The average molecular weight is 258 g/mol. The number of hydrogen-bond donors (Lipinski definition) is 1. The summed E-state index contributed by atoms with van der Waals surface area (Å²) in [6.07, 6.45) is 6.23. The summed E-state index contributed by atoms with van der Waals surface area (Å²) in [5, 5.41) is 1.30. The van der Waals surface area contributed by atoms with Crippen molar-refractivity contribution in [1.82, 2.24) is 4.57 Å². The van der Waals surface area contributed by atoms with Gasteiger partial charge < -0.3 is 15.0 Å². The summed E-state index contributed by atoms with van der Waals surface area (Å²) < 4.78 is 8.27. The fourth-order valence-corrected chi connectivity index (χ4v) is 3.09. The predicted molar refractivity (Wildman–Crippen MR) is 78.3 cm³/mol. The summed E-state index contributed by atoms with van der Waals surface area (Å²) in [6.45, 7) is 3.81. The van der Waals surface area contributed by atoms with Crippen LogP contribution in [0.3, 0.4) is 0 Å². The summed E-state index contributed by atoms with van der Waals surface area (Å²) in [5.74, 6) is 0. The van der Waals surface area contributed by atoms with Crippen molar-refractivity contribution in [3.05, 3.63) is 36.0 Å². The molecule has 0 amide bonds. The van der Waals surface area contributed by atoms with E-state index in [1.54, 1.807) is 0 Å². The van der Waals surface area contributed by atoms with E-state index in [0.717, 1.165) is 13.0 Å². The van der Waals surface area contributed by atoms with Crippen molar-refractivity contribution in [2.24, 2.45) is 5.73 Å². The maximum Gasteiger partial charge on any atom is 0.0758 e. The lowest BCUT2D eigenvalue weighted by atomic mass is 10.1. The normalized spacial score (nSPS) is 23.3. The van der Waals surface area contributed by atoms with Crippen molar-refractivity contribution in [1.29, 1.82) is 0 Å². The summed E-state index contributed by atoms with van der Waals surface area (Å²) in [5.41, 5.74) is 8.39. The lowest BCUT2D eigenvalue weighted by Gasteiger charge is -2.15. The summed E-state index contributed by atoms with van der Waals surface area (Å²) >= 11 is 0. The van der Waals surface area contributed by atoms with E-state index in [-0.39, 0.29) is 0 Å². The van der Waals surface area contributed by atoms with Crippen LogP contribution < -0.4 is 5.73 Å². The molecule has 0 saturated carbocycles. The molecule has 1 aromatic carbocycles. The van der Waals surface area contributed by atoms with E-state index >= 15 is 0 Å². The van der Waals surface area contributed by atoms with Gasteiger partial charge >= 0.3 is 0 Å². The van der Waals surface area contributed by atoms with Crippen LogP contribution in [0.5, 0.6) is 0 Å². The Hall–Kier alpha value is -1.32. The number of ether oxygens (including phenoxy) is 1. The monoisotopic (exact) mass is 258 g/mol. The molecule has 2 atom stereocenters. The number of rotatable bonds is 4. The molecule has 1 aromatic heterocycles. The van der Waals surface area contributed by atoms with Crippen LogP contribution in [0.25, 0.3) is 10.9 Å². The zero-order valence-corrected chi connectivity index (χ0v) is 11.5. The van der Waals surface area contributed by atoms with Gasteiger partial charge in [-0.2, -0.15) is 0 Å². The molecule has 102 valence electrons. The molecule has 0 aliphatic carbocycles. The van der Waals surface area contributed by atoms with Crippen LogP contribution in [0.15, 0.2) is 30.5 Å². The molecule has 0 bridgehead atoms. The Balaban J connectivity index is 1.90. The van der Waals surface area contributed by atoms with Crippen LogP contribution in [-0.2, 0) is 17.7 Å². The third-order valence-electron chi connectivity index (χ3n) is 4.01. The maximum absolute atomic E-state index is 5.94. The van der Waals surface area contributed by atoms with Gasteiger partial charge in [0.1, 0.15) is 0 Å². The Bertz CT molecular complexity index is 561. The molecular formula is C16H22N2O. The highest BCUT2D eigenvalue weighted by atomic mass is 16.5. The van der Waals surface area contributed by atoms with E-state index in [0.29, 0.717) is 18.8 Å². The minimum Gasteiger partial charge on any atom is -0.373 e. The number of hydrogen-bond acceptors (Lipinski definition) is 2. The van der Waals surface area contributed by atoms with E-state index in [1.807, 2.05) is 0 Å². The first-order valence-corrected chi connectivity index (χ1v) is 7.20. The first kappa shape index (κ1) is 12.7. The van der Waals surface area contributed by atoms with Gasteiger partial charge in [-0.1, -0.05) is 18.2 Å². The molecule has 1 aliphatic heterocycles. The van der Waals surface area contributed by atoms with E-state index in [2.05, 4.69) is 42.0 Å². The minimum absolute atomic E-state index is 0.358. The number of nitrogens with zero attached hydrogens (tertiary/aromatic N) is 1. The SMILES string of the molecule is CC1CCC(Cn2ccc3cccc(CCN)c32)O1. The summed E-state index contributed by atoms with van der Waals surface area (Å²) in [6, 6.07) is 8.66. The predicted octanol–water partition coefficient (Wildman–Crippen LogP) is 2.71. The van der Waals surface area contributed by atoms with Gasteiger partial charge in [0.05, 0.1) is 17.7 Å². The number of fused-ring (bicyclic) bond motifs is 1. The van der Waals surface area contributed by atoms with Gasteiger partial charge in [0.25, 0.3) is 0 Å². The fourth-order valence-electron chi connectivity index (χ4n) is 3.09. The smallest absolute Gasteiger partial charge is 0.0758 e. The largest absolute Gasteiger partial charge is 0.373 e. The van der Waals surface area contributed by atoms with Crippen molar-refractivity contribution in [3.63, 3.8) is 0 Å². The van der Waals surface area contributed by atoms with Gasteiger partial charge in [-0.25, -0.2) is 0 Å². The van der Waals surface area contributed by atoms with Crippen molar-refractivity contribution in [2.75, 3.05) is 6.54 Å². The minimum atomic E-state index is 0.358. The quantitative estimate of drug-likeness (QED) is 0.916. The molecule has 3 nitrogen and oxygen atoms in total. The molecule has 2 N–H and O–H groups in total. The Morgan fingerprint density at radius 2 is 2.21 bits per heavy atom. The van der Waals surface area contributed by atoms with Crippen molar-refractivity contribution < 1.29 is 4.74 Å². The second kappa shape index (κ2) is 5.35. The zero-order valence-electron chi connectivity index (χ0n) is 11.5. The van der Waals surface area contributed by atoms with Gasteiger partial charge in [-0.15, -0.1) is 0 Å². The molecule has 1 saturated heterocycles. The highest BCUT2D eigenvalue weighted by Crippen LogP contribution is 2.25. The van der Waals surface area contributed by atoms with Crippen LogP contribution in [0, 0.1) is 0 Å². The van der Waals surface area contributed by atoms with Crippen molar-refractivity contribution >= 4 is 10.9 Å². The second-order valence-corrected chi connectivity index (χ2v) is 5.51. The molecule has 1 fully saturated rings. The summed E-state index contributed by atoms with van der Waals surface area (Å²) in [4.78, 5) is 0. The molecule has 0 radical (unpaired) electrons. The first-order valence-electron chi connectivity index (χ1n) is 7.20. The molecule has 1 aliphatic rings. The second-order valence-electron chi connectivity index (χ2n) is 5.51. The van der Waals surface area contributed by atoms with Gasteiger partial charge in [-0.05, 0) is 49.7 Å². The fraction of sp³-hybridized carbons (Fsp3) is 0.500. The first-order chi connectivity index (χ1) is 9.28. The Morgan fingerprint density at radius 1 is 1.32 bits per heavy atom. The number of nitrogens with two attached hydrogens (primary N) is 1. The highest BCUT2D eigenvalue weighted by molar-refractivity contribution is 5.83. The highest BCUT2D eigenvalue weighted by Gasteiger charge is 2.22. The Morgan fingerprint density at radius 3 is 2.95 bits per heavy atom. The third kappa shape index (κ3) is 2.53. The van der Waals surface area contributed by atoms with E-state index < -0.39 is 0 Å². The average Bonchev–Trinajstić information content (AvgIpc) is 2.98. The number of para-hydroxylation sites is 1. The van der Waals surface area contributed by atoms with E-state index in [4.69, 9.17) is 10.5 Å². The van der Waals surface area contributed by atoms with Gasteiger partial charge in [0.2, 0.25) is 0 Å². The van der Waals surface area contributed by atoms with Crippen LogP contribution in [0.4, 0.5) is 0 Å². The van der Waals surface area contributed by atoms with Crippen molar-refractivity contribution in [3.8, 4) is 0 Å². The van der Waals surface area contributed by atoms with Crippen LogP contribution in [-0.4, -0.2) is 23.3 Å². The number of aromatic nitrogens is 1. The third-order valence-corrected chi connectivity index (χ3v) is 4.01. The van der Waals surface area contributed by atoms with Crippen LogP contribution in [0.1, 0.15) is 25.3 Å². The summed E-state index contributed by atoms with van der Waals surface area (Å²) in [7, 11) is 0. The maximum atomic E-state index is 5.94. The molecule has 19 heavy (non-hydrogen) atoms. The molecule has 2 unspecified atom stereocenters. The molecule has 2 aromatic rings. The molecule has 0 spiro atoms. The van der Waals surface area contributed by atoms with Gasteiger partial charge in [0, 0.05) is 12.7 Å². The standard InChI is InChI=1S/C16H22N2O/c1-12-5-6-15(19-12)11-18-10-8-14-4-2-3-13(7-9-17)16(14)18/h2-4,8,10,12,15H,5-7,9,11,17H2,1H3. The van der Waals surface area contributed by atoms with Crippen LogP contribution in [0.2, 0.25) is 0 Å². The molecular weight excluding hydrogens is 236 g/mol. The van der Waals surface area contributed by atoms with Crippen molar-refractivity contribution in [2.45, 2.75) is 44.9 Å². The Kier molecular flexibility index (Phi) is 3.58. The molecule has 2 heterocycles.